The number of esters is 3. The van der Waals surface area contributed by atoms with Gasteiger partial charge in [-0.2, -0.15) is 0 Å². The SMILES string of the molecule is C.C.C1CCOC1.CC(=O)CN(C)C.CN(C)CC(=O)CC(=O)OCc1ccccc1.CN(C)CC(O)CC(=O)OCc1ccccc1.C[N+](C)(C)CC(O)CC(=O)OCc1ccccc1.O=C(Cl)OCc1ccccc1.[B].[H-].[Na+]. The van der Waals surface area contributed by atoms with Crippen LogP contribution in [0.4, 0.5) is 4.79 Å². The molecule has 5 rings (SSSR count). The number of nitrogens with zero attached hydrogens (tertiary/aromatic N) is 4. The van der Waals surface area contributed by atoms with E-state index < -0.39 is 23.6 Å². The van der Waals surface area contributed by atoms with Crippen molar-refractivity contribution in [2.24, 2.45) is 0 Å². The van der Waals surface area contributed by atoms with E-state index in [0.717, 1.165) is 35.5 Å². The normalized spacial score (nSPS) is 11.5. The van der Waals surface area contributed by atoms with Crippen molar-refractivity contribution in [3.63, 3.8) is 0 Å². The van der Waals surface area contributed by atoms with Crippen LogP contribution < -0.4 is 29.6 Å². The second-order valence-electron chi connectivity index (χ2n) is 19.1. The molecule has 1 fully saturated rings. The van der Waals surface area contributed by atoms with Crippen LogP contribution in [0.1, 0.15) is 77.6 Å². The van der Waals surface area contributed by atoms with E-state index in [4.69, 9.17) is 30.5 Å². The Morgan fingerprint density at radius 2 is 0.886 bits per heavy atom. The minimum Gasteiger partial charge on any atom is -1.00 e. The molecule has 79 heavy (non-hydrogen) atoms. The number of likely N-dealkylation sites (N-methyl/N-ethyl adjacent to an activating group) is 4. The fourth-order valence-corrected chi connectivity index (χ4v) is 6.24. The third kappa shape index (κ3) is 56.3. The molecular weight excluding hydrogens is 1040 g/mol. The molecule has 1 aliphatic rings. The predicted octanol–water partition coefficient (Wildman–Crippen LogP) is 4.98. The van der Waals surface area contributed by atoms with Crippen molar-refractivity contribution in [3.05, 3.63) is 144 Å². The van der Waals surface area contributed by atoms with Gasteiger partial charge in [0.1, 0.15) is 51.3 Å². The number of Topliss-reactive ketones (excluding diaryl/α,β-unsaturated/α-hetero) is 2. The van der Waals surface area contributed by atoms with Gasteiger partial charge in [-0.1, -0.05) is 136 Å². The first-order chi connectivity index (χ1) is 35.4. The molecule has 0 spiro atoms. The molecule has 4 aromatic carbocycles. The van der Waals surface area contributed by atoms with Gasteiger partial charge >= 0.3 is 52.9 Å². The van der Waals surface area contributed by atoms with Gasteiger partial charge in [0, 0.05) is 39.8 Å². The van der Waals surface area contributed by atoms with Gasteiger partial charge in [0.2, 0.25) is 0 Å². The number of aliphatic hydroxyl groups excluding tert-OH is 2. The monoisotopic (exact) mass is 1130 g/mol. The van der Waals surface area contributed by atoms with Gasteiger partial charge in [0.15, 0.2) is 5.78 Å². The second kappa shape index (κ2) is 51.3. The van der Waals surface area contributed by atoms with E-state index in [1.54, 1.807) is 25.9 Å². The van der Waals surface area contributed by atoms with Gasteiger partial charge in [0.05, 0.1) is 53.2 Å². The first-order valence-corrected chi connectivity index (χ1v) is 25.0. The van der Waals surface area contributed by atoms with Crippen molar-refractivity contribution in [3.8, 4) is 0 Å². The molecular formula is C59H93BClN4NaO13+. The number of carbonyl (C=O) groups excluding carboxylic acids is 6. The molecule has 0 bridgehead atoms. The average molecular weight is 1140 g/mol. The van der Waals surface area contributed by atoms with E-state index in [2.05, 4.69) is 4.74 Å². The summed E-state index contributed by atoms with van der Waals surface area (Å²) in [4.78, 5) is 71.4. The van der Waals surface area contributed by atoms with Crippen molar-refractivity contribution >= 4 is 54.9 Å². The smallest absolute Gasteiger partial charge is 1.00 e. The largest absolute Gasteiger partial charge is 1.00 e. The maximum atomic E-state index is 11.5. The zero-order valence-corrected chi connectivity index (χ0v) is 50.2. The molecule has 2 N–H and O–H groups in total. The molecule has 1 heterocycles. The van der Waals surface area contributed by atoms with Crippen molar-refractivity contribution in [2.45, 2.75) is 92.5 Å². The maximum Gasteiger partial charge on any atom is 1.00 e. The van der Waals surface area contributed by atoms with Crippen LogP contribution in [-0.2, 0) is 74.1 Å². The van der Waals surface area contributed by atoms with E-state index in [1.165, 1.54) is 12.8 Å². The molecule has 1 saturated heterocycles. The summed E-state index contributed by atoms with van der Waals surface area (Å²) in [6.07, 6.45) is 1.14. The molecule has 2 atom stereocenters. The van der Waals surface area contributed by atoms with Gasteiger partial charge in [-0.3, -0.25) is 24.0 Å². The van der Waals surface area contributed by atoms with Crippen molar-refractivity contribution < 1.29 is 98.1 Å². The zero-order chi connectivity index (χ0) is 56.4. The van der Waals surface area contributed by atoms with Gasteiger partial charge in [-0.15, -0.1) is 0 Å². The van der Waals surface area contributed by atoms with Gasteiger partial charge in [-0.05, 0) is 84.3 Å². The number of carbonyl (C=O) groups is 6. The summed E-state index contributed by atoms with van der Waals surface area (Å²) >= 11 is 4.97. The van der Waals surface area contributed by atoms with E-state index >= 15 is 0 Å². The van der Waals surface area contributed by atoms with Gasteiger partial charge in [0.25, 0.3) is 0 Å². The molecule has 0 saturated carbocycles. The van der Waals surface area contributed by atoms with E-state index in [0.29, 0.717) is 24.1 Å². The summed E-state index contributed by atoms with van der Waals surface area (Å²) in [5, 5.41) is 19.3. The number of aliphatic hydroxyl groups is 2. The molecule has 20 heteroatoms. The molecule has 1 aliphatic heterocycles. The number of hydrogen-bond donors (Lipinski definition) is 2. The molecule has 3 radical (unpaired) electrons. The van der Waals surface area contributed by atoms with Crippen LogP contribution in [-0.4, -0.2) is 188 Å². The first-order valence-electron chi connectivity index (χ1n) is 24.6. The minimum atomic E-state index is -0.770. The number of halogens is 1. The van der Waals surface area contributed by atoms with Crippen molar-refractivity contribution in [2.75, 3.05) is 103 Å². The van der Waals surface area contributed by atoms with Crippen LogP contribution in [0.15, 0.2) is 121 Å². The third-order valence-electron chi connectivity index (χ3n) is 9.26. The number of quaternary nitrogens is 1. The number of benzene rings is 4. The summed E-state index contributed by atoms with van der Waals surface area (Å²) in [5.41, 5.74) is 2.98. The maximum absolute atomic E-state index is 11.5. The van der Waals surface area contributed by atoms with Crippen LogP contribution in [0.25, 0.3) is 0 Å². The minimum absolute atomic E-state index is 0. The van der Waals surface area contributed by atoms with E-state index in [1.807, 2.05) is 180 Å². The quantitative estimate of drug-likeness (QED) is 0.0267. The summed E-state index contributed by atoms with van der Waals surface area (Å²) < 4.78 is 25.3. The van der Waals surface area contributed by atoms with Crippen LogP contribution in [0.3, 0.4) is 0 Å². The molecule has 2 unspecified atom stereocenters. The zero-order valence-electron chi connectivity index (χ0n) is 48.4. The number of rotatable bonds is 22. The standard InChI is InChI=1S/C14H22NO3.C13H19NO3.C13H17NO3.C8H7ClO2.C5H11NO.C4H8O.2CH4.B.Na.H/c1-15(2,3)10-13(16)9-14(17)18-11-12-7-5-4-6-8-12;2*1-14(2)9-12(15)8-13(16)17-10-11-6-4-3-5-7-11;9-8(10)11-6-7-4-2-1-3-5-7;1-5(7)4-6(2)3;1-2-4-5-3-1;;;;;/h4-8,13,16H,9-11H2,1-3H3;3-7,12,15H,8-10H2,1-2H3;3-7H,8-10H2,1-2H3;1-5H,6H2;4H2,1-3H3;1-4H2;2*1H4;;;/q+1;;;;;;;;;+1;-1. The third-order valence-corrected chi connectivity index (χ3v) is 9.37. The van der Waals surface area contributed by atoms with E-state index in [9.17, 15) is 39.0 Å². The van der Waals surface area contributed by atoms with Gasteiger partial charge < -0.3 is 54.5 Å². The van der Waals surface area contributed by atoms with Crippen LogP contribution in [0, 0.1) is 0 Å². The Morgan fingerprint density at radius 3 is 1.15 bits per heavy atom. The summed E-state index contributed by atoms with van der Waals surface area (Å²) in [5.74, 6) is -1.12. The Morgan fingerprint density at radius 1 is 0.557 bits per heavy atom. The van der Waals surface area contributed by atoms with Crippen molar-refractivity contribution in [1.82, 2.24) is 14.7 Å². The molecule has 437 valence electrons. The van der Waals surface area contributed by atoms with Gasteiger partial charge in [-0.25, -0.2) is 4.79 Å². The Balaban J connectivity index is -0.000000211. The second-order valence-corrected chi connectivity index (χ2v) is 19.4. The topological polar surface area (TPSA) is 199 Å². The Hall–Kier alpha value is -4.83. The van der Waals surface area contributed by atoms with Crippen LogP contribution in [0.5, 0.6) is 0 Å². The molecule has 0 aromatic heterocycles. The Bertz CT molecular complexity index is 2140. The van der Waals surface area contributed by atoms with Crippen LogP contribution >= 0.6 is 11.6 Å². The van der Waals surface area contributed by atoms with Crippen molar-refractivity contribution in [1.29, 1.82) is 0 Å². The summed E-state index contributed by atoms with van der Waals surface area (Å²) in [6.45, 7) is 6.37. The molecule has 0 amide bonds. The Kier molecular flexibility index (Phi) is 53.9. The summed E-state index contributed by atoms with van der Waals surface area (Å²) in [6, 6.07) is 37.7. The molecule has 0 aliphatic carbocycles. The predicted molar refractivity (Wildman–Crippen MR) is 312 cm³/mol. The first kappa shape index (κ1) is 83.0. The number of ether oxygens (including phenoxy) is 5. The average Bonchev–Trinajstić information content (AvgIpc) is 3.93. The fourth-order valence-electron chi connectivity index (χ4n) is 6.19. The van der Waals surface area contributed by atoms with Crippen LogP contribution in [0.2, 0.25) is 0 Å². The number of hydrogen-bond acceptors (Lipinski definition) is 16. The number of ketones is 2. The fraction of sp³-hybridized carbons (Fsp3) is 0.492. The van der Waals surface area contributed by atoms with E-state index in [-0.39, 0.29) is 130 Å². The molecule has 17 nitrogen and oxygen atoms in total. The summed E-state index contributed by atoms with van der Waals surface area (Å²) in [7, 11) is 16.9. The Labute approximate surface area is 503 Å². The molecule has 4 aromatic rings.